The predicted molar refractivity (Wildman–Crippen MR) is 130 cm³/mol. The van der Waals surface area contributed by atoms with Crippen LogP contribution in [0, 0.1) is 0 Å². The van der Waals surface area contributed by atoms with Gasteiger partial charge in [-0.1, -0.05) is 59.7 Å². The molecule has 5 nitrogen and oxygen atoms in total. The number of aldehydes is 2. The summed E-state index contributed by atoms with van der Waals surface area (Å²) in [6.45, 7) is 12.0. The van der Waals surface area contributed by atoms with Crippen LogP contribution in [0.5, 0.6) is 17.2 Å². The summed E-state index contributed by atoms with van der Waals surface area (Å²) in [5.41, 5.74) is 1.75. The SMILES string of the molecule is CC.CC.CC.O=Cc1ccc(O)c(C(c2ccccc2O)c2cc(C=O)ccc2O)c1. The lowest BCUT2D eigenvalue weighted by atomic mass is 9.82. The zero-order valence-corrected chi connectivity index (χ0v) is 19.7. The lowest BCUT2D eigenvalue weighted by Gasteiger charge is -2.22. The quantitative estimate of drug-likeness (QED) is 0.305. The van der Waals surface area contributed by atoms with Gasteiger partial charge in [-0.05, 0) is 42.5 Å². The number of aromatic hydroxyl groups is 3. The van der Waals surface area contributed by atoms with Crippen molar-refractivity contribution >= 4 is 12.6 Å². The minimum Gasteiger partial charge on any atom is -0.508 e. The Labute approximate surface area is 191 Å². The van der Waals surface area contributed by atoms with E-state index in [4.69, 9.17) is 0 Å². The van der Waals surface area contributed by atoms with Crippen LogP contribution in [0.15, 0.2) is 60.7 Å². The number of hydrogen-bond acceptors (Lipinski definition) is 5. The normalized spacial score (nSPS) is 9.22. The van der Waals surface area contributed by atoms with Crippen molar-refractivity contribution in [2.75, 3.05) is 0 Å². The highest BCUT2D eigenvalue weighted by Gasteiger charge is 2.25. The van der Waals surface area contributed by atoms with Crippen LogP contribution < -0.4 is 0 Å². The molecule has 3 N–H and O–H groups in total. The van der Waals surface area contributed by atoms with Gasteiger partial charge in [-0.2, -0.15) is 0 Å². The summed E-state index contributed by atoms with van der Waals surface area (Å²) in [6, 6.07) is 15.2. The van der Waals surface area contributed by atoms with Gasteiger partial charge in [0, 0.05) is 33.7 Å². The van der Waals surface area contributed by atoms with Gasteiger partial charge >= 0.3 is 0 Å². The zero-order chi connectivity index (χ0) is 24.7. The first-order valence-electron chi connectivity index (χ1n) is 10.9. The second-order valence-corrected chi connectivity index (χ2v) is 5.86. The Morgan fingerprint density at radius 1 is 0.562 bits per heavy atom. The number of para-hydroxylation sites is 1. The van der Waals surface area contributed by atoms with Crippen LogP contribution in [-0.2, 0) is 0 Å². The Hall–Kier alpha value is -3.60. The van der Waals surface area contributed by atoms with Crippen molar-refractivity contribution in [2.45, 2.75) is 47.5 Å². The molecule has 3 rings (SSSR count). The molecule has 5 heteroatoms. The molecule has 0 spiro atoms. The summed E-state index contributed by atoms with van der Waals surface area (Å²) in [4.78, 5) is 22.3. The maximum absolute atomic E-state index is 11.2. The molecule has 0 unspecified atom stereocenters. The van der Waals surface area contributed by atoms with E-state index in [1.54, 1.807) is 18.2 Å². The third kappa shape index (κ3) is 6.98. The van der Waals surface area contributed by atoms with Crippen LogP contribution >= 0.6 is 0 Å². The standard InChI is InChI=1S/C21H16O5.3C2H6/c22-11-13-5-7-19(25)16(9-13)21(15-3-1-2-4-18(15)24)17-10-14(12-23)6-8-20(17)26;3*1-2/h1-12,21,24-26H;3*1-2H3. The highest BCUT2D eigenvalue weighted by atomic mass is 16.3. The highest BCUT2D eigenvalue weighted by Crippen LogP contribution is 2.43. The Morgan fingerprint density at radius 2 is 0.938 bits per heavy atom. The first-order valence-corrected chi connectivity index (χ1v) is 10.9. The first-order chi connectivity index (χ1) is 15.5. The lowest BCUT2D eigenvalue weighted by molar-refractivity contribution is 0.111. The largest absolute Gasteiger partial charge is 0.508 e. The molecule has 0 aliphatic rings. The summed E-state index contributed by atoms with van der Waals surface area (Å²) in [5.74, 6) is -1.01. The topological polar surface area (TPSA) is 94.8 Å². The molecule has 0 aliphatic carbocycles. The number of rotatable bonds is 5. The van der Waals surface area contributed by atoms with Crippen molar-refractivity contribution < 1.29 is 24.9 Å². The second kappa shape index (κ2) is 15.2. The van der Waals surface area contributed by atoms with E-state index in [-0.39, 0.29) is 17.2 Å². The fourth-order valence-corrected chi connectivity index (χ4v) is 2.99. The van der Waals surface area contributed by atoms with E-state index in [0.29, 0.717) is 40.4 Å². The molecule has 0 fully saturated rings. The Morgan fingerprint density at radius 3 is 1.31 bits per heavy atom. The van der Waals surface area contributed by atoms with Gasteiger partial charge in [0.2, 0.25) is 0 Å². The number of phenolic OH excluding ortho intramolecular Hbond substituents is 3. The van der Waals surface area contributed by atoms with E-state index in [1.165, 1.54) is 42.5 Å². The minimum absolute atomic E-state index is 0.0377. The summed E-state index contributed by atoms with van der Waals surface area (Å²) in [6.07, 6.45) is 1.29. The first kappa shape index (κ1) is 28.4. The molecule has 0 heterocycles. The van der Waals surface area contributed by atoms with Crippen LogP contribution in [0.25, 0.3) is 0 Å². The van der Waals surface area contributed by atoms with E-state index < -0.39 is 5.92 Å². The van der Waals surface area contributed by atoms with E-state index in [2.05, 4.69) is 0 Å². The lowest BCUT2D eigenvalue weighted by Crippen LogP contribution is -2.06. The van der Waals surface area contributed by atoms with Gasteiger partial charge in [-0.3, -0.25) is 9.59 Å². The smallest absolute Gasteiger partial charge is 0.150 e. The fourth-order valence-electron chi connectivity index (χ4n) is 2.99. The summed E-state index contributed by atoms with van der Waals surface area (Å²) in [7, 11) is 0. The average Bonchev–Trinajstić information content (AvgIpc) is 2.86. The van der Waals surface area contributed by atoms with Crippen LogP contribution in [0.3, 0.4) is 0 Å². The van der Waals surface area contributed by atoms with Crippen molar-refractivity contribution in [3.8, 4) is 17.2 Å². The molecule has 0 saturated heterocycles. The molecule has 3 aromatic rings. The van der Waals surface area contributed by atoms with Crippen LogP contribution in [0.2, 0.25) is 0 Å². The fraction of sp³-hybridized carbons (Fsp3) is 0.259. The maximum Gasteiger partial charge on any atom is 0.150 e. The van der Waals surface area contributed by atoms with E-state index in [9.17, 15) is 24.9 Å². The molecule has 0 atom stereocenters. The number of carbonyl (C=O) groups is 2. The molecule has 0 saturated carbocycles. The highest BCUT2D eigenvalue weighted by molar-refractivity contribution is 5.78. The number of carbonyl (C=O) groups excluding carboxylic acids is 2. The van der Waals surface area contributed by atoms with Crippen LogP contribution in [0.4, 0.5) is 0 Å². The van der Waals surface area contributed by atoms with Gasteiger partial charge in [-0.15, -0.1) is 0 Å². The van der Waals surface area contributed by atoms with E-state index in [0.717, 1.165) is 0 Å². The second-order valence-electron chi connectivity index (χ2n) is 5.86. The monoisotopic (exact) mass is 438 g/mol. The summed E-state index contributed by atoms with van der Waals surface area (Å²) < 4.78 is 0. The Kier molecular flexibility index (Phi) is 13.5. The van der Waals surface area contributed by atoms with Crippen molar-refractivity contribution in [1.82, 2.24) is 0 Å². The molecule has 32 heavy (non-hydrogen) atoms. The predicted octanol–water partition coefficient (Wildman–Crippen LogP) is 6.69. The van der Waals surface area contributed by atoms with Crippen molar-refractivity contribution in [3.05, 3.63) is 88.5 Å². The van der Waals surface area contributed by atoms with Gasteiger partial charge in [0.15, 0.2) is 0 Å². The Balaban J connectivity index is 0.00000148. The van der Waals surface area contributed by atoms with Crippen molar-refractivity contribution in [3.63, 3.8) is 0 Å². The summed E-state index contributed by atoms with van der Waals surface area (Å²) >= 11 is 0. The van der Waals surface area contributed by atoms with Crippen molar-refractivity contribution in [1.29, 1.82) is 0 Å². The molecule has 172 valence electrons. The number of benzene rings is 3. The molecule has 0 aromatic heterocycles. The van der Waals surface area contributed by atoms with Gasteiger partial charge < -0.3 is 15.3 Å². The molecule has 0 radical (unpaired) electrons. The summed E-state index contributed by atoms with van der Waals surface area (Å²) in [5, 5.41) is 31.1. The molecule has 0 aliphatic heterocycles. The molecular formula is C27H34O5. The van der Waals surface area contributed by atoms with E-state index in [1.807, 2.05) is 41.5 Å². The molecular weight excluding hydrogens is 404 g/mol. The average molecular weight is 439 g/mol. The molecule has 0 amide bonds. The van der Waals surface area contributed by atoms with Crippen LogP contribution in [-0.4, -0.2) is 27.9 Å². The minimum atomic E-state index is -0.781. The van der Waals surface area contributed by atoms with Crippen molar-refractivity contribution in [2.24, 2.45) is 0 Å². The third-order valence-electron chi connectivity index (χ3n) is 4.25. The number of hydrogen-bond donors (Lipinski definition) is 3. The maximum atomic E-state index is 11.2. The number of phenols is 3. The van der Waals surface area contributed by atoms with Gasteiger partial charge in [-0.25, -0.2) is 0 Å². The van der Waals surface area contributed by atoms with Gasteiger partial charge in [0.25, 0.3) is 0 Å². The zero-order valence-electron chi connectivity index (χ0n) is 19.7. The third-order valence-corrected chi connectivity index (χ3v) is 4.25. The van der Waals surface area contributed by atoms with Gasteiger partial charge in [0.1, 0.15) is 29.8 Å². The Bertz CT molecular complexity index is 922. The molecule has 3 aromatic carbocycles. The molecule has 0 bridgehead atoms. The van der Waals surface area contributed by atoms with Crippen LogP contribution in [0.1, 0.15) is 84.9 Å². The van der Waals surface area contributed by atoms with E-state index >= 15 is 0 Å². The van der Waals surface area contributed by atoms with Gasteiger partial charge in [0.05, 0.1) is 0 Å².